The van der Waals surface area contributed by atoms with Crippen LogP contribution in [0.25, 0.3) is 0 Å². The zero-order chi connectivity index (χ0) is 14.3. The standard InChI is InChI=1S/C15H24N4O2/c1-15(4-6-16-7-5-15)14-17-13(18-21-14)12-9-19-8-2-3-11(19)10-20-12/h11-12,16H,2-10H2,1H3. The van der Waals surface area contributed by atoms with Crippen molar-refractivity contribution in [2.75, 3.05) is 32.8 Å². The Bertz CT molecular complexity index is 498. The third kappa shape index (κ3) is 2.49. The van der Waals surface area contributed by atoms with Crippen molar-refractivity contribution in [3.05, 3.63) is 11.7 Å². The van der Waals surface area contributed by atoms with E-state index in [2.05, 4.69) is 27.3 Å². The maximum Gasteiger partial charge on any atom is 0.232 e. The van der Waals surface area contributed by atoms with Crippen LogP contribution in [0.4, 0.5) is 0 Å². The number of nitrogens with zero attached hydrogens (tertiary/aromatic N) is 3. The van der Waals surface area contributed by atoms with E-state index in [0.717, 1.165) is 50.8 Å². The van der Waals surface area contributed by atoms with E-state index in [0.29, 0.717) is 6.04 Å². The summed E-state index contributed by atoms with van der Waals surface area (Å²) in [6.07, 6.45) is 4.61. The van der Waals surface area contributed by atoms with Gasteiger partial charge in [0.15, 0.2) is 0 Å². The van der Waals surface area contributed by atoms with Crippen LogP contribution in [-0.2, 0) is 10.2 Å². The molecule has 4 rings (SSSR count). The van der Waals surface area contributed by atoms with E-state index in [4.69, 9.17) is 9.26 Å². The molecule has 6 heteroatoms. The molecular formula is C15H24N4O2. The second-order valence-corrected chi connectivity index (χ2v) is 6.88. The number of piperidine rings is 1. The summed E-state index contributed by atoms with van der Waals surface area (Å²) in [6, 6.07) is 0.606. The van der Waals surface area contributed by atoms with Crippen molar-refractivity contribution in [3.63, 3.8) is 0 Å². The molecule has 0 saturated carbocycles. The zero-order valence-corrected chi connectivity index (χ0v) is 12.7. The number of hydrogen-bond donors (Lipinski definition) is 1. The quantitative estimate of drug-likeness (QED) is 0.885. The molecule has 3 aliphatic rings. The van der Waals surface area contributed by atoms with Gasteiger partial charge in [-0.05, 0) is 45.3 Å². The number of morpholine rings is 1. The van der Waals surface area contributed by atoms with Crippen LogP contribution >= 0.6 is 0 Å². The van der Waals surface area contributed by atoms with Crippen molar-refractivity contribution in [3.8, 4) is 0 Å². The van der Waals surface area contributed by atoms with Gasteiger partial charge in [-0.25, -0.2) is 0 Å². The average Bonchev–Trinajstić information content (AvgIpc) is 3.17. The Labute approximate surface area is 125 Å². The van der Waals surface area contributed by atoms with Crippen LogP contribution in [0.5, 0.6) is 0 Å². The smallest absolute Gasteiger partial charge is 0.232 e. The fourth-order valence-electron chi connectivity index (χ4n) is 3.78. The first-order chi connectivity index (χ1) is 10.2. The monoisotopic (exact) mass is 292 g/mol. The molecule has 1 aromatic heterocycles. The van der Waals surface area contributed by atoms with E-state index in [9.17, 15) is 0 Å². The van der Waals surface area contributed by atoms with Gasteiger partial charge in [0.25, 0.3) is 0 Å². The normalized spacial score (nSPS) is 33.0. The summed E-state index contributed by atoms with van der Waals surface area (Å²) in [5.41, 5.74) is 0.0152. The molecule has 116 valence electrons. The van der Waals surface area contributed by atoms with Crippen LogP contribution in [0.3, 0.4) is 0 Å². The number of fused-ring (bicyclic) bond motifs is 1. The Morgan fingerprint density at radius 1 is 1.33 bits per heavy atom. The van der Waals surface area contributed by atoms with Crippen molar-refractivity contribution in [2.24, 2.45) is 0 Å². The Hall–Kier alpha value is -0.980. The van der Waals surface area contributed by atoms with Crippen molar-refractivity contribution >= 4 is 0 Å². The molecule has 0 aromatic carbocycles. The number of ether oxygens (including phenoxy) is 1. The molecule has 0 bridgehead atoms. The van der Waals surface area contributed by atoms with Gasteiger partial charge in [-0.3, -0.25) is 4.90 Å². The van der Waals surface area contributed by atoms with Gasteiger partial charge in [0.2, 0.25) is 11.7 Å². The van der Waals surface area contributed by atoms with Crippen LogP contribution in [-0.4, -0.2) is 53.9 Å². The topological polar surface area (TPSA) is 63.4 Å². The highest BCUT2D eigenvalue weighted by Crippen LogP contribution is 2.34. The summed E-state index contributed by atoms with van der Waals surface area (Å²) in [4.78, 5) is 7.20. The third-order valence-corrected chi connectivity index (χ3v) is 5.34. The summed E-state index contributed by atoms with van der Waals surface area (Å²) in [6.45, 7) is 7.15. The molecule has 0 aliphatic carbocycles. The number of nitrogens with one attached hydrogen (secondary N) is 1. The van der Waals surface area contributed by atoms with Crippen LogP contribution in [0.1, 0.15) is 50.4 Å². The molecule has 0 spiro atoms. The van der Waals surface area contributed by atoms with Gasteiger partial charge >= 0.3 is 0 Å². The lowest BCUT2D eigenvalue weighted by Gasteiger charge is -2.33. The van der Waals surface area contributed by atoms with E-state index in [-0.39, 0.29) is 11.5 Å². The van der Waals surface area contributed by atoms with E-state index in [1.165, 1.54) is 19.4 Å². The average molecular weight is 292 g/mol. The lowest BCUT2D eigenvalue weighted by atomic mass is 9.81. The number of aromatic nitrogens is 2. The minimum atomic E-state index is -0.0258. The molecule has 0 amide bonds. The molecule has 3 saturated heterocycles. The fraction of sp³-hybridized carbons (Fsp3) is 0.867. The maximum atomic E-state index is 5.97. The first-order valence-corrected chi connectivity index (χ1v) is 8.15. The van der Waals surface area contributed by atoms with Crippen molar-refractivity contribution in [2.45, 2.75) is 50.2 Å². The first kappa shape index (κ1) is 13.7. The molecule has 2 unspecified atom stereocenters. The highest BCUT2D eigenvalue weighted by Gasteiger charge is 2.38. The van der Waals surface area contributed by atoms with Crippen molar-refractivity contribution < 1.29 is 9.26 Å². The molecule has 21 heavy (non-hydrogen) atoms. The van der Waals surface area contributed by atoms with Gasteiger partial charge in [-0.2, -0.15) is 4.98 Å². The molecule has 4 heterocycles. The van der Waals surface area contributed by atoms with Gasteiger partial charge < -0.3 is 14.6 Å². The van der Waals surface area contributed by atoms with Gasteiger partial charge in [0.1, 0.15) is 6.10 Å². The SMILES string of the molecule is CC1(c2nc(C3CN4CCCC4CO3)no2)CCNCC1. The third-order valence-electron chi connectivity index (χ3n) is 5.34. The number of rotatable bonds is 2. The van der Waals surface area contributed by atoms with Crippen LogP contribution in [0, 0.1) is 0 Å². The largest absolute Gasteiger partial charge is 0.367 e. The predicted octanol–water partition coefficient (Wildman–Crippen LogP) is 1.25. The minimum absolute atomic E-state index is 0.0152. The Morgan fingerprint density at radius 3 is 3.05 bits per heavy atom. The molecule has 0 radical (unpaired) electrons. The zero-order valence-electron chi connectivity index (χ0n) is 12.7. The molecule has 1 aromatic rings. The van der Waals surface area contributed by atoms with E-state index in [1.54, 1.807) is 0 Å². The van der Waals surface area contributed by atoms with E-state index < -0.39 is 0 Å². The molecule has 6 nitrogen and oxygen atoms in total. The predicted molar refractivity (Wildman–Crippen MR) is 77.0 cm³/mol. The van der Waals surface area contributed by atoms with Gasteiger partial charge in [0, 0.05) is 18.0 Å². The second-order valence-electron chi connectivity index (χ2n) is 6.88. The minimum Gasteiger partial charge on any atom is -0.367 e. The van der Waals surface area contributed by atoms with Gasteiger partial charge in [-0.1, -0.05) is 12.1 Å². The molecule has 3 fully saturated rings. The van der Waals surface area contributed by atoms with E-state index in [1.807, 2.05) is 0 Å². The Balaban J connectivity index is 1.49. The Morgan fingerprint density at radius 2 is 2.19 bits per heavy atom. The summed E-state index contributed by atoms with van der Waals surface area (Å²) < 4.78 is 11.6. The van der Waals surface area contributed by atoms with E-state index >= 15 is 0 Å². The molecule has 1 N–H and O–H groups in total. The first-order valence-electron chi connectivity index (χ1n) is 8.15. The highest BCUT2D eigenvalue weighted by atomic mass is 16.5. The lowest BCUT2D eigenvalue weighted by molar-refractivity contribution is -0.0548. The molecule has 3 aliphatic heterocycles. The van der Waals surface area contributed by atoms with Crippen LogP contribution in [0.15, 0.2) is 4.52 Å². The summed E-state index contributed by atoms with van der Waals surface area (Å²) >= 11 is 0. The lowest BCUT2D eigenvalue weighted by Crippen LogP contribution is -2.42. The van der Waals surface area contributed by atoms with Crippen LogP contribution in [0.2, 0.25) is 0 Å². The summed E-state index contributed by atoms with van der Waals surface area (Å²) in [5.74, 6) is 1.52. The maximum absolute atomic E-state index is 5.97. The van der Waals surface area contributed by atoms with Crippen molar-refractivity contribution in [1.82, 2.24) is 20.4 Å². The highest BCUT2D eigenvalue weighted by molar-refractivity contribution is 5.07. The molecule has 2 atom stereocenters. The van der Waals surface area contributed by atoms with Crippen molar-refractivity contribution in [1.29, 1.82) is 0 Å². The summed E-state index contributed by atoms with van der Waals surface area (Å²) in [7, 11) is 0. The van der Waals surface area contributed by atoms with Gasteiger partial charge in [0.05, 0.1) is 6.61 Å². The van der Waals surface area contributed by atoms with Gasteiger partial charge in [-0.15, -0.1) is 0 Å². The Kier molecular flexibility index (Phi) is 3.47. The summed E-state index contributed by atoms with van der Waals surface area (Å²) in [5, 5.41) is 7.60. The second kappa shape index (κ2) is 5.34. The fourth-order valence-corrected chi connectivity index (χ4v) is 3.78. The molecular weight excluding hydrogens is 268 g/mol. The van der Waals surface area contributed by atoms with Crippen LogP contribution < -0.4 is 5.32 Å². The number of hydrogen-bond acceptors (Lipinski definition) is 6.